The van der Waals surface area contributed by atoms with Crippen molar-refractivity contribution in [1.82, 2.24) is 0 Å². The molecule has 1 aromatic heterocycles. The number of anilines is 1. The van der Waals surface area contributed by atoms with Gasteiger partial charge in [0, 0.05) is 27.4 Å². The molecule has 3 rings (SSSR count). The van der Waals surface area contributed by atoms with Crippen LogP contribution in [0.4, 0.5) is 32.0 Å². The lowest BCUT2D eigenvalue weighted by Crippen LogP contribution is -2.35. The Bertz CT molecular complexity index is 854. The van der Waals surface area contributed by atoms with Crippen LogP contribution < -0.4 is 5.32 Å². The number of hydrogen-bond donors (Lipinski definition) is 1. The van der Waals surface area contributed by atoms with Crippen molar-refractivity contribution in [2.45, 2.75) is 70.6 Å². The lowest BCUT2D eigenvalue weighted by molar-refractivity contribution is -0.177. The molecule has 2 aliphatic rings. The van der Waals surface area contributed by atoms with Crippen LogP contribution in [0.5, 0.6) is 0 Å². The summed E-state index contributed by atoms with van der Waals surface area (Å²) >= 11 is 1.51. The average Bonchev–Trinajstić information content (AvgIpc) is 2.97. The molecule has 0 aliphatic heterocycles. The van der Waals surface area contributed by atoms with Crippen LogP contribution in [0.25, 0.3) is 0 Å². The molecule has 0 amide bonds. The van der Waals surface area contributed by atoms with E-state index in [2.05, 4.69) is 33.0 Å². The lowest BCUT2D eigenvalue weighted by atomic mass is 9.66. The van der Waals surface area contributed by atoms with Gasteiger partial charge in [0.15, 0.2) is 0 Å². The van der Waals surface area contributed by atoms with E-state index in [9.17, 15) is 26.3 Å². The van der Waals surface area contributed by atoms with E-state index >= 15 is 0 Å². The Balaban J connectivity index is 2.06. The number of fused-ring (bicyclic) bond motifs is 1. The monoisotopic (exact) mass is 437 g/mol. The van der Waals surface area contributed by atoms with E-state index in [1.54, 1.807) is 0 Å². The summed E-state index contributed by atoms with van der Waals surface area (Å²) in [5, 5.41) is 4.71. The molecule has 1 nitrogen and oxygen atoms in total. The maximum atomic E-state index is 13.4. The van der Waals surface area contributed by atoms with Gasteiger partial charge in [-0.1, -0.05) is 34.6 Å². The number of hydrogen-bond acceptors (Lipinski definition) is 2. The average molecular weight is 437 g/mol. The van der Waals surface area contributed by atoms with Gasteiger partial charge in [-0.15, -0.1) is 11.3 Å². The van der Waals surface area contributed by atoms with Crippen LogP contribution in [0, 0.1) is 11.8 Å². The molecule has 0 fully saturated rings. The molecule has 0 bridgehead atoms. The van der Waals surface area contributed by atoms with E-state index < -0.39 is 29.8 Å². The number of halogens is 6. The van der Waals surface area contributed by atoms with E-state index in [1.807, 2.05) is 5.38 Å². The smallest absolute Gasteiger partial charge is 0.355 e. The molecule has 0 saturated heterocycles. The molecule has 0 spiro atoms. The topological polar surface area (TPSA) is 12.0 Å². The molecular weight excluding hydrogens is 412 g/mol. The van der Waals surface area contributed by atoms with Gasteiger partial charge in [0.2, 0.25) is 0 Å². The second-order valence-electron chi connectivity index (χ2n) is 9.32. The molecule has 8 heteroatoms. The first-order valence-corrected chi connectivity index (χ1v) is 10.4. The third kappa shape index (κ3) is 4.09. The number of rotatable bonds is 2. The SMILES string of the molecule is CC1C(C(F)(F)F)=CC(Nc2csc3c2C(C)(C)CCC3(C)C)=CC1C(F)(F)F. The van der Waals surface area contributed by atoms with Gasteiger partial charge in [0.05, 0.1) is 11.6 Å². The highest BCUT2D eigenvalue weighted by atomic mass is 32.1. The van der Waals surface area contributed by atoms with E-state index in [0.29, 0.717) is 5.69 Å². The zero-order valence-electron chi connectivity index (χ0n) is 17.0. The molecule has 29 heavy (non-hydrogen) atoms. The second kappa shape index (κ2) is 6.79. The Labute approximate surface area is 170 Å². The highest BCUT2D eigenvalue weighted by molar-refractivity contribution is 7.10. The van der Waals surface area contributed by atoms with Crippen LogP contribution in [0.3, 0.4) is 0 Å². The van der Waals surface area contributed by atoms with Gasteiger partial charge in [-0.3, -0.25) is 0 Å². The Hall–Kier alpha value is -1.44. The minimum absolute atomic E-state index is 0.0770. The van der Waals surface area contributed by atoms with Crippen molar-refractivity contribution < 1.29 is 26.3 Å². The van der Waals surface area contributed by atoms with Gasteiger partial charge >= 0.3 is 12.4 Å². The number of thiophene rings is 1. The van der Waals surface area contributed by atoms with E-state index in [1.165, 1.54) is 11.3 Å². The quantitative estimate of drug-likeness (QED) is 0.467. The summed E-state index contributed by atoms with van der Waals surface area (Å²) in [7, 11) is 0. The maximum Gasteiger partial charge on any atom is 0.413 e. The Kier molecular flexibility index (Phi) is 5.21. The van der Waals surface area contributed by atoms with Gasteiger partial charge in [-0.05, 0) is 41.4 Å². The van der Waals surface area contributed by atoms with Crippen LogP contribution in [0.15, 0.2) is 28.8 Å². The van der Waals surface area contributed by atoms with Crippen molar-refractivity contribution in [3.05, 3.63) is 39.2 Å². The third-order valence-corrected chi connectivity index (χ3v) is 7.49. The van der Waals surface area contributed by atoms with Gasteiger partial charge in [0.25, 0.3) is 0 Å². The zero-order chi connectivity index (χ0) is 22.0. The first kappa shape index (κ1) is 22.2. The van der Waals surface area contributed by atoms with Gasteiger partial charge in [-0.25, -0.2) is 0 Å². The van der Waals surface area contributed by atoms with Crippen molar-refractivity contribution in [2.24, 2.45) is 11.8 Å². The van der Waals surface area contributed by atoms with Crippen LogP contribution in [0.1, 0.15) is 57.9 Å². The highest BCUT2D eigenvalue weighted by Crippen LogP contribution is 2.52. The number of alkyl halides is 6. The zero-order valence-corrected chi connectivity index (χ0v) is 17.8. The summed E-state index contributed by atoms with van der Waals surface area (Å²) < 4.78 is 80.6. The molecule has 1 heterocycles. The van der Waals surface area contributed by atoms with Crippen molar-refractivity contribution in [2.75, 3.05) is 5.32 Å². The number of nitrogens with one attached hydrogen (secondary N) is 1. The number of allylic oxidation sites excluding steroid dienone is 3. The van der Waals surface area contributed by atoms with E-state index in [0.717, 1.165) is 42.4 Å². The fraction of sp³-hybridized carbons (Fsp3) is 0.619. The fourth-order valence-electron chi connectivity index (χ4n) is 4.31. The largest absolute Gasteiger partial charge is 0.413 e. The first-order valence-electron chi connectivity index (χ1n) is 9.51. The van der Waals surface area contributed by atoms with Crippen molar-refractivity contribution >= 4 is 17.0 Å². The standard InChI is InChI=1S/C21H25F6NS/c1-11-13(20(22,23)24)8-12(9-14(11)21(25,26)27)28-15-10-29-17-16(15)18(2,3)6-7-19(17,4)5/h8-11,13,28H,6-7H2,1-5H3. The first-order chi connectivity index (χ1) is 13.0. The van der Waals surface area contributed by atoms with E-state index in [-0.39, 0.29) is 16.5 Å². The molecule has 1 N–H and O–H groups in total. The normalized spacial score (nSPS) is 26.4. The molecule has 0 saturated carbocycles. The van der Waals surface area contributed by atoms with Gasteiger partial charge in [0.1, 0.15) is 0 Å². The lowest BCUT2D eigenvalue weighted by Gasteiger charge is -2.40. The summed E-state index contributed by atoms with van der Waals surface area (Å²) in [4.78, 5) is 1.13. The van der Waals surface area contributed by atoms with Crippen molar-refractivity contribution in [3.8, 4) is 0 Å². The minimum atomic E-state index is -4.82. The van der Waals surface area contributed by atoms with Crippen molar-refractivity contribution in [3.63, 3.8) is 0 Å². The predicted molar refractivity (Wildman–Crippen MR) is 104 cm³/mol. The van der Waals surface area contributed by atoms with Gasteiger partial charge in [-0.2, -0.15) is 26.3 Å². The molecule has 1 aromatic rings. The predicted octanol–water partition coefficient (Wildman–Crippen LogP) is 7.71. The minimum Gasteiger partial charge on any atom is -0.355 e. The Morgan fingerprint density at radius 3 is 2.14 bits per heavy atom. The molecule has 2 atom stereocenters. The summed E-state index contributed by atoms with van der Waals surface area (Å²) in [6, 6.07) is 0. The Morgan fingerprint density at radius 2 is 1.59 bits per heavy atom. The molecule has 0 aromatic carbocycles. The van der Waals surface area contributed by atoms with Crippen LogP contribution in [-0.4, -0.2) is 12.4 Å². The van der Waals surface area contributed by atoms with E-state index in [4.69, 9.17) is 0 Å². The molecular formula is C21H25F6NS. The van der Waals surface area contributed by atoms with Crippen molar-refractivity contribution in [1.29, 1.82) is 0 Å². The van der Waals surface area contributed by atoms with Crippen LogP contribution in [-0.2, 0) is 10.8 Å². The molecule has 0 radical (unpaired) electrons. The molecule has 2 aliphatic carbocycles. The molecule has 162 valence electrons. The summed E-state index contributed by atoms with van der Waals surface area (Å²) in [6.07, 6.45) is -6.01. The highest BCUT2D eigenvalue weighted by Gasteiger charge is 2.50. The molecule has 2 unspecified atom stereocenters. The van der Waals surface area contributed by atoms with Crippen LogP contribution in [0.2, 0.25) is 0 Å². The maximum absolute atomic E-state index is 13.4. The third-order valence-electron chi connectivity index (χ3n) is 6.14. The van der Waals surface area contributed by atoms with Gasteiger partial charge < -0.3 is 5.32 Å². The van der Waals surface area contributed by atoms with Crippen LogP contribution >= 0.6 is 11.3 Å². The fourth-order valence-corrected chi connectivity index (χ4v) is 5.65. The summed E-state index contributed by atoms with van der Waals surface area (Å²) in [6.45, 7) is 9.33. The summed E-state index contributed by atoms with van der Waals surface area (Å²) in [5.74, 6) is -3.88. The Morgan fingerprint density at radius 1 is 1.00 bits per heavy atom. The second-order valence-corrected chi connectivity index (χ2v) is 10.2. The summed E-state index contributed by atoms with van der Waals surface area (Å²) in [5.41, 5.74) is -0.0145.